The minimum Gasteiger partial charge on any atom is -0.282 e. The highest BCUT2D eigenvalue weighted by Gasteiger charge is 2.13. The first-order valence-electron chi connectivity index (χ1n) is 10.1. The van der Waals surface area contributed by atoms with E-state index in [2.05, 4.69) is 13.2 Å². The largest absolute Gasteiger partial charge is 0.282 e. The third-order valence-electron chi connectivity index (χ3n) is 5.09. The Labute approximate surface area is 200 Å². The molecule has 4 aromatic rings. The van der Waals surface area contributed by atoms with Gasteiger partial charge in [0.1, 0.15) is 5.82 Å². The van der Waals surface area contributed by atoms with Gasteiger partial charge in [-0.15, -0.1) is 0 Å². The Morgan fingerprint density at radius 2 is 1.21 bits per heavy atom. The molecule has 0 atom stereocenters. The summed E-state index contributed by atoms with van der Waals surface area (Å²) in [6.07, 6.45) is 2.51. The number of benzene rings is 4. The summed E-state index contributed by atoms with van der Waals surface area (Å²) >= 11 is 2.08. The van der Waals surface area contributed by atoms with Gasteiger partial charge in [0, 0.05) is 15.4 Å². The number of thioether (sulfide) groups is 2. The van der Waals surface area contributed by atoms with Crippen molar-refractivity contribution in [3.63, 3.8) is 0 Å². The molecule has 0 aliphatic heterocycles. The van der Waals surface area contributed by atoms with Crippen LogP contribution in [0.3, 0.4) is 0 Å². The molecule has 162 valence electrons. The summed E-state index contributed by atoms with van der Waals surface area (Å²) in [4.78, 5) is 24.6. The molecule has 0 unspecified atom stereocenters. The van der Waals surface area contributed by atoms with Gasteiger partial charge in [-0.3, -0.25) is 9.59 Å². The Kier molecular flexibility index (Phi) is 6.92. The highest BCUT2D eigenvalue weighted by Crippen LogP contribution is 2.37. The van der Waals surface area contributed by atoms with Crippen LogP contribution in [0.5, 0.6) is 0 Å². The molecule has 5 heteroatoms. The molecule has 0 amide bonds. The summed E-state index contributed by atoms with van der Waals surface area (Å²) in [5, 5.41) is 1.60. The number of carbonyl (C=O) groups is 2. The van der Waals surface area contributed by atoms with Gasteiger partial charge < -0.3 is 0 Å². The van der Waals surface area contributed by atoms with Crippen LogP contribution in [0.15, 0.2) is 114 Å². The monoisotopic (exact) mass is 470 g/mol. The van der Waals surface area contributed by atoms with Crippen LogP contribution in [-0.4, -0.2) is 10.2 Å². The smallest absolute Gasteiger partial charge is 0.216 e. The summed E-state index contributed by atoms with van der Waals surface area (Å²) in [6, 6.07) is 24.4. The molecule has 0 saturated heterocycles. The zero-order valence-corrected chi connectivity index (χ0v) is 19.2. The van der Waals surface area contributed by atoms with Gasteiger partial charge in [-0.05, 0) is 87.4 Å². The van der Waals surface area contributed by atoms with E-state index in [1.54, 1.807) is 12.1 Å². The normalized spacial score (nSPS) is 10.7. The lowest BCUT2D eigenvalue weighted by Crippen LogP contribution is -1.90. The fraction of sp³-hybridized carbons (Fsp3) is 0. The molecule has 0 bridgehead atoms. The summed E-state index contributed by atoms with van der Waals surface area (Å²) in [7, 11) is 0. The van der Waals surface area contributed by atoms with Crippen molar-refractivity contribution in [1.82, 2.24) is 0 Å². The summed E-state index contributed by atoms with van der Waals surface area (Å²) in [5.74, 6) is -0.386. The first kappa shape index (κ1) is 22.8. The van der Waals surface area contributed by atoms with Crippen LogP contribution < -0.4 is 0 Å². The van der Waals surface area contributed by atoms with Gasteiger partial charge in [0.25, 0.3) is 0 Å². The van der Waals surface area contributed by atoms with Crippen molar-refractivity contribution in [1.29, 1.82) is 0 Å². The van der Waals surface area contributed by atoms with Crippen LogP contribution in [0.1, 0.15) is 0 Å². The second-order valence-corrected chi connectivity index (χ2v) is 9.28. The molecule has 2 nitrogen and oxygen atoms in total. The maximum atomic E-state index is 15.0. The summed E-state index contributed by atoms with van der Waals surface area (Å²) < 4.78 is 15.0. The Hall–Kier alpha value is -3.41. The molecular weight excluding hydrogens is 451 g/mol. The van der Waals surface area contributed by atoms with Crippen molar-refractivity contribution in [2.24, 2.45) is 0 Å². The quantitative estimate of drug-likeness (QED) is 0.212. The lowest BCUT2D eigenvalue weighted by molar-refractivity contribution is -0.107. The van der Waals surface area contributed by atoms with E-state index < -0.39 is 0 Å². The molecule has 0 N–H and O–H groups in total. The van der Waals surface area contributed by atoms with E-state index in [-0.39, 0.29) is 16.0 Å². The fourth-order valence-electron chi connectivity index (χ4n) is 3.59. The second-order valence-electron chi connectivity index (χ2n) is 7.12. The van der Waals surface area contributed by atoms with E-state index in [1.807, 2.05) is 60.7 Å². The van der Waals surface area contributed by atoms with Crippen molar-refractivity contribution in [3.05, 3.63) is 110 Å². The topological polar surface area (TPSA) is 34.1 Å². The van der Waals surface area contributed by atoms with Crippen LogP contribution in [-0.2, 0) is 9.59 Å². The van der Waals surface area contributed by atoms with E-state index in [0.717, 1.165) is 55.9 Å². The van der Waals surface area contributed by atoms with Gasteiger partial charge >= 0.3 is 0 Å². The minimum atomic E-state index is -0.386. The Bertz CT molecular complexity index is 1390. The number of fused-ring (bicyclic) bond motifs is 1. The molecule has 0 fully saturated rings. The van der Waals surface area contributed by atoms with Crippen molar-refractivity contribution < 1.29 is 14.0 Å². The van der Waals surface area contributed by atoms with Crippen molar-refractivity contribution in [2.75, 3.05) is 0 Å². The molecule has 0 aliphatic rings. The van der Waals surface area contributed by atoms with E-state index in [4.69, 9.17) is 0 Å². The molecule has 4 rings (SSSR count). The van der Waals surface area contributed by atoms with Gasteiger partial charge in [0.15, 0.2) is 0 Å². The van der Waals surface area contributed by atoms with Crippen LogP contribution in [0.4, 0.5) is 4.39 Å². The molecule has 4 aromatic carbocycles. The van der Waals surface area contributed by atoms with Gasteiger partial charge in [-0.2, -0.15) is 0 Å². The van der Waals surface area contributed by atoms with Gasteiger partial charge in [-0.1, -0.05) is 67.8 Å². The van der Waals surface area contributed by atoms with Crippen molar-refractivity contribution in [3.8, 4) is 22.3 Å². The molecule has 0 aromatic heterocycles. The van der Waals surface area contributed by atoms with E-state index in [0.29, 0.717) is 10.5 Å². The average molecular weight is 471 g/mol. The number of halogens is 1. The highest BCUT2D eigenvalue weighted by atomic mass is 32.2. The van der Waals surface area contributed by atoms with Crippen LogP contribution >= 0.6 is 23.5 Å². The Morgan fingerprint density at radius 3 is 1.82 bits per heavy atom. The van der Waals surface area contributed by atoms with Gasteiger partial charge in [-0.25, -0.2) is 4.39 Å². The van der Waals surface area contributed by atoms with Crippen molar-refractivity contribution >= 4 is 44.5 Å². The summed E-state index contributed by atoms with van der Waals surface area (Å²) in [6.45, 7) is 6.95. The van der Waals surface area contributed by atoms with Gasteiger partial charge in [0.2, 0.25) is 10.2 Å². The molecule has 0 spiro atoms. The van der Waals surface area contributed by atoms with Crippen LogP contribution in [0, 0.1) is 5.82 Å². The first-order chi connectivity index (χ1) is 16.0. The zero-order valence-electron chi connectivity index (χ0n) is 17.6. The maximum absolute atomic E-state index is 15.0. The van der Waals surface area contributed by atoms with Crippen LogP contribution in [0.25, 0.3) is 33.0 Å². The molecule has 0 saturated carbocycles. The Morgan fingerprint density at radius 1 is 0.667 bits per heavy atom. The molecule has 0 heterocycles. The molecule has 0 aliphatic carbocycles. The number of hydrogen-bond acceptors (Lipinski definition) is 4. The number of hydrogen-bond donors (Lipinski definition) is 0. The molecule has 33 heavy (non-hydrogen) atoms. The maximum Gasteiger partial charge on any atom is 0.216 e. The highest BCUT2D eigenvalue weighted by molar-refractivity contribution is 8.14. The third-order valence-corrected chi connectivity index (χ3v) is 6.82. The van der Waals surface area contributed by atoms with Crippen LogP contribution in [0.2, 0.25) is 0 Å². The molecular formula is C28H19FO2S2. The molecule has 0 radical (unpaired) electrons. The minimum absolute atomic E-state index is 0.0992. The predicted octanol–water partition coefficient (Wildman–Crippen LogP) is 7.92. The van der Waals surface area contributed by atoms with E-state index in [9.17, 15) is 9.59 Å². The predicted molar refractivity (Wildman–Crippen MR) is 137 cm³/mol. The Balaban J connectivity index is 1.74. The number of rotatable bonds is 6. The standard InChI is InChI=1S/C28H19FO2S2/c1-3-27(30)32-19-13-11-18(12-14-19)21-7-5-9-23-22(21)8-6-10-24(23)25-16-15-20(17-26(25)29)33-28(31)4-2/h3-17H,1-2H2. The lowest BCUT2D eigenvalue weighted by Gasteiger charge is -2.13. The average Bonchev–Trinajstić information content (AvgIpc) is 2.84. The zero-order chi connectivity index (χ0) is 23.4. The SMILES string of the molecule is C=CC(=O)Sc1ccc(-c2cccc3c(-c4ccc(SC(=O)C=C)cc4F)cccc23)cc1. The lowest BCUT2D eigenvalue weighted by atomic mass is 9.93. The van der Waals surface area contributed by atoms with E-state index in [1.165, 1.54) is 18.2 Å². The van der Waals surface area contributed by atoms with Crippen molar-refractivity contribution in [2.45, 2.75) is 9.79 Å². The first-order valence-corrected chi connectivity index (χ1v) is 11.7. The van der Waals surface area contributed by atoms with Gasteiger partial charge in [0.05, 0.1) is 0 Å². The third kappa shape index (κ3) is 5.00. The second kappa shape index (κ2) is 10.0. The number of carbonyl (C=O) groups excluding carboxylic acids is 2. The fourth-order valence-corrected chi connectivity index (χ4v) is 4.79. The summed E-state index contributed by atoms with van der Waals surface area (Å²) in [5.41, 5.74) is 3.28. The van der Waals surface area contributed by atoms with E-state index >= 15 is 4.39 Å².